The summed E-state index contributed by atoms with van der Waals surface area (Å²) in [6.07, 6.45) is 2.45. The maximum absolute atomic E-state index is 13.5. The molecule has 1 atom stereocenters. The lowest BCUT2D eigenvalue weighted by atomic mass is 10.1. The number of rotatable bonds is 11. The Morgan fingerprint density at radius 1 is 0.974 bits per heavy atom. The van der Waals surface area contributed by atoms with Crippen molar-refractivity contribution >= 4 is 38.9 Å². The van der Waals surface area contributed by atoms with Gasteiger partial charge in [0.1, 0.15) is 10.3 Å². The molecule has 1 heterocycles. The van der Waals surface area contributed by atoms with Gasteiger partial charge in [-0.2, -0.15) is 0 Å². The monoisotopic (exact) mass is 557 g/mol. The smallest absolute Gasteiger partial charge is 0.246 e. The van der Waals surface area contributed by atoms with Gasteiger partial charge in [0, 0.05) is 25.3 Å². The number of amides is 1. The predicted octanol–water partition coefficient (Wildman–Crippen LogP) is 4.74. The zero-order valence-electron chi connectivity index (χ0n) is 21.4. The molecular weight excluding hydrogens is 526 g/mol. The minimum atomic E-state index is -3.89. The van der Waals surface area contributed by atoms with Crippen LogP contribution in [0.25, 0.3) is 0 Å². The van der Waals surface area contributed by atoms with E-state index in [4.69, 9.17) is 21.1 Å². The first kappa shape index (κ1) is 27.8. The highest BCUT2D eigenvalue weighted by atomic mass is 35.5. The third-order valence-corrected chi connectivity index (χ3v) is 8.38. The molecule has 0 bridgehead atoms. The SMILES string of the molecule is COc1ccc(CCNS(=O)(=O)c2cc(NC(=O)[C@@H](Cl)c3ccccc3)ccc2N2CCCC2)cc1OC. The second-order valence-electron chi connectivity index (χ2n) is 8.98. The number of alkyl halides is 1. The fourth-order valence-electron chi connectivity index (χ4n) is 4.45. The number of sulfonamides is 1. The molecule has 0 radical (unpaired) electrons. The van der Waals surface area contributed by atoms with E-state index in [0.717, 1.165) is 31.5 Å². The van der Waals surface area contributed by atoms with Crippen LogP contribution in [0, 0.1) is 0 Å². The van der Waals surface area contributed by atoms with E-state index in [9.17, 15) is 13.2 Å². The molecule has 0 spiro atoms. The van der Waals surface area contributed by atoms with Crippen LogP contribution in [0.5, 0.6) is 11.5 Å². The van der Waals surface area contributed by atoms with Crippen LogP contribution in [0.1, 0.15) is 29.3 Å². The Morgan fingerprint density at radius 2 is 1.68 bits per heavy atom. The zero-order valence-corrected chi connectivity index (χ0v) is 23.0. The van der Waals surface area contributed by atoms with Gasteiger partial charge in [-0.3, -0.25) is 4.79 Å². The summed E-state index contributed by atoms with van der Waals surface area (Å²) in [5.74, 6) is 0.759. The third kappa shape index (κ3) is 6.59. The van der Waals surface area contributed by atoms with E-state index < -0.39 is 21.3 Å². The molecule has 2 N–H and O–H groups in total. The first-order valence-electron chi connectivity index (χ1n) is 12.4. The van der Waals surface area contributed by atoms with E-state index in [-0.39, 0.29) is 11.4 Å². The summed E-state index contributed by atoms with van der Waals surface area (Å²) < 4.78 is 40.3. The van der Waals surface area contributed by atoms with Gasteiger partial charge in [-0.1, -0.05) is 36.4 Å². The molecule has 0 saturated carbocycles. The van der Waals surface area contributed by atoms with Crippen molar-refractivity contribution in [1.82, 2.24) is 4.72 Å². The Kier molecular flexibility index (Phi) is 9.14. The molecule has 0 aromatic heterocycles. The Balaban J connectivity index is 1.53. The lowest BCUT2D eigenvalue weighted by Crippen LogP contribution is -2.29. The molecule has 3 aromatic rings. The molecule has 10 heteroatoms. The average Bonchev–Trinajstić information content (AvgIpc) is 3.48. The number of carbonyl (C=O) groups excluding carboxylic acids is 1. The molecule has 38 heavy (non-hydrogen) atoms. The number of halogens is 1. The fourth-order valence-corrected chi connectivity index (χ4v) is 5.93. The molecule has 1 saturated heterocycles. The minimum absolute atomic E-state index is 0.121. The van der Waals surface area contributed by atoms with E-state index >= 15 is 0 Å². The van der Waals surface area contributed by atoms with Crippen LogP contribution in [0.15, 0.2) is 71.6 Å². The molecule has 1 amide bonds. The number of ether oxygens (including phenoxy) is 2. The van der Waals surface area contributed by atoms with Crippen molar-refractivity contribution in [3.05, 3.63) is 77.9 Å². The van der Waals surface area contributed by atoms with Crippen molar-refractivity contribution in [3.8, 4) is 11.5 Å². The number of carbonyl (C=O) groups is 1. The van der Waals surface area contributed by atoms with Gasteiger partial charge in [0.05, 0.1) is 19.9 Å². The topological polar surface area (TPSA) is 97.0 Å². The Bertz CT molecular complexity index is 1360. The summed E-state index contributed by atoms with van der Waals surface area (Å²) in [6.45, 7) is 1.74. The van der Waals surface area contributed by atoms with Crippen molar-refractivity contribution in [3.63, 3.8) is 0 Å². The lowest BCUT2D eigenvalue weighted by molar-refractivity contribution is -0.116. The van der Waals surface area contributed by atoms with Crippen LogP contribution >= 0.6 is 11.6 Å². The molecule has 8 nitrogen and oxygen atoms in total. The van der Waals surface area contributed by atoms with Crippen molar-refractivity contribution in [2.75, 3.05) is 44.1 Å². The van der Waals surface area contributed by atoms with Crippen molar-refractivity contribution in [2.45, 2.75) is 29.5 Å². The Hall–Kier alpha value is -3.27. The van der Waals surface area contributed by atoms with Gasteiger partial charge in [-0.05, 0) is 60.7 Å². The summed E-state index contributed by atoms with van der Waals surface area (Å²) in [5, 5.41) is 1.86. The molecular formula is C28H32ClN3O5S. The van der Waals surface area contributed by atoms with Crippen molar-refractivity contribution in [2.24, 2.45) is 0 Å². The molecule has 1 aliphatic rings. The van der Waals surface area contributed by atoms with E-state index in [2.05, 4.69) is 14.9 Å². The quantitative estimate of drug-likeness (QED) is 0.330. The highest BCUT2D eigenvalue weighted by Crippen LogP contribution is 2.32. The number of anilines is 2. The average molecular weight is 558 g/mol. The van der Waals surface area contributed by atoms with Crippen LogP contribution in [0.4, 0.5) is 11.4 Å². The number of nitrogens with zero attached hydrogens (tertiary/aromatic N) is 1. The van der Waals surface area contributed by atoms with Gasteiger partial charge in [-0.25, -0.2) is 13.1 Å². The molecule has 0 unspecified atom stereocenters. The van der Waals surface area contributed by atoms with Crippen LogP contribution in [0.2, 0.25) is 0 Å². The van der Waals surface area contributed by atoms with Crippen molar-refractivity contribution < 1.29 is 22.7 Å². The zero-order chi connectivity index (χ0) is 27.1. The van der Waals surface area contributed by atoms with Gasteiger partial charge in [-0.15, -0.1) is 11.6 Å². The molecule has 4 rings (SSSR count). The minimum Gasteiger partial charge on any atom is -0.493 e. The van der Waals surface area contributed by atoms with Gasteiger partial charge < -0.3 is 19.7 Å². The Labute approximate surface area is 229 Å². The van der Waals surface area contributed by atoms with Gasteiger partial charge in [0.15, 0.2) is 11.5 Å². The standard InChI is InChI=1S/C28H32ClN3O5S/c1-36-24-13-10-20(18-25(24)37-2)14-15-30-38(34,35)26-19-22(11-12-23(26)32-16-6-7-17-32)31-28(33)27(29)21-8-4-3-5-9-21/h3-5,8-13,18-19,27,30H,6-7,14-17H2,1-2H3,(H,31,33)/t27-/m0/s1. The molecule has 202 valence electrons. The summed E-state index contributed by atoms with van der Waals surface area (Å²) in [7, 11) is -0.767. The summed E-state index contributed by atoms with van der Waals surface area (Å²) >= 11 is 6.37. The lowest BCUT2D eigenvalue weighted by Gasteiger charge is -2.22. The van der Waals surface area contributed by atoms with E-state index in [1.807, 2.05) is 18.2 Å². The molecule has 3 aromatic carbocycles. The maximum Gasteiger partial charge on any atom is 0.246 e. The number of methoxy groups -OCH3 is 2. The number of hydrogen-bond acceptors (Lipinski definition) is 6. The van der Waals surface area contributed by atoms with E-state index in [1.54, 1.807) is 56.7 Å². The van der Waals surface area contributed by atoms with E-state index in [1.165, 1.54) is 6.07 Å². The first-order chi connectivity index (χ1) is 18.3. The predicted molar refractivity (Wildman–Crippen MR) is 150 cm³/mol. The normalized spacial score (nSPS) is 14.2. The summed E-state index contributed by atoms with van der Waals surface area (Å²) in [5.41, 5.74) is 2.54. The van der Waals surface area contributed by atoms with Crippen LogP contribution < -0.4 is 24.4 Å². The number of hydrogen-bond donors (Lipinski definition) is 2. The molecule has 1 fully saturated rings. The second kappa shape index (κ2) is 12.5. The van der Waals surface area contributed by atoms with Crippen LogP contribution in [-0.4, -0.2) is 48.2 Å². The van der Waals surface area contributed by atoms with Gasteiger partial charge in [0.25, 0.3) is 0 Å². The molecule has 0 aliphatic carbocycles. The number of benzene rings is 3. The maximum atomic E-state index is 13.5. The van der Waals surface area contributed by atoms with Crippen molar-refractivity contribution in [1.29, 1.82) is 0 Å². The summed E-state index contributed by atoms with van der Waals surface area (Å²) in [4.78, 5) is 15.0. The van der Waals surface area contributed by atoms with Gasteiger partial charge in [0.2, 0.25) is 15.9 Å². The Morgan fingerprint density at radius 3 is 2.37 bits per heavy atom. The van der Waals surface area contributed by atoms with Crippen LogP contribution in [0.3, 0.4) is 0 Å². The fraction of sp³-hybridized carbons (Fsp3) is 0.321. The van der Waals surface area contributed by atoms with Crippen LogP contribution in [-0.2, 0) is 21.2 Å². The largest absolute Gasteiger partial charge is 0.493 e. The van der Waals surface area contributed by atoms with E-state index in [0.29, 0.717) is 34.9 Å². The summed E-state index contributed by atoms with van der Waals surface area (Å²) in [6, 6.07) is 19.4. The highest BCUT2D eigenvalue weighted by molar-refractivity contribution is 7.89. The number of nitrogens with one attached hydrogen (secondary N) is 2. The first-order valence-corrected chi connectivity index (χ1v) is 14.3. The highest BCUT2D eigenvalue weighted by Gasteiger charge is 2.25. The van der Waals surface area contributed by atoms with Gasteiger partial charge >= 0.3 is 0 Å². The molecule has 1 aliphatic heterocycles. The second-order valence-corrected chi connectivity index (χ2v) is 11.1. The third-order valence-electron chi connectivity index (χ3n) is 6.44.